The summed E-state index contributed by atoms with van der Waals surface area (Å²) in [7, 11) is 0. The van der Waals surface area contributed by atoms with Crippen LogP contribution in [0.4, 0.5) is 10.5 Å². The molecule has 0 saturated carbocycles. The molecule has 1 aliphatic rings. The number of carbonyl (C=O) groups is 1. The van der Waals surface area contributed by atoms with E-state index < -0.39 is 0 Å². The zero-order valence-corrected chi connectivity index (χ0v) is 9.57. The van der Waals surface area contributed by atoms with Crippen molar-refractivity contribution >= 4 is 11.7 Å². The quantitative estimate of drug-likeness (QED) is 0.759. The van der Waals surface area contributed by atoms with E-state index in [0.29, 0.717) is 6.54 Å². The van der Waals surface area contributed by atoms with Crippen LogP contribution in [0.1, 0.15) is 5.56 Å². The molecule has 1 heterocycles. The van der Waals surface area contributed by atoms with Gasteiger partial charge in [-0.25, -0.2) is 4.79 Å². The molecule has 17 heavy (non-hydrogen) atoms. The van der Waals surface area contributed by atoms with Gasteiger partial charge in [-0.1, -0.05) is 12.0 Å². The summed E-state index contributed by atoms with van der Waals surface area (Å²) in [6.07, 6.45) is 5.33. The van der Waals surface area contributed by atoms with Crippen molar-refractivity contribution in [3.05, 3.63) is 29.8 Å². The lowest BCUT2D eigenvalue weighted by Crippen LogP contribution is -2.32. The molecule has 0 spiro atoms. The molecule has 2 rings (SSSR count). The lowest BCUT2D eigenvalue weighted by atomic mass is 10.2. The minimum absolute atomic E-state index is 0.0178. The number of nitrogens with one attached hydrogen (secondary N) is 2. The van der Waals surface area contributed by atoms with Gasteiger partial charge in [0.1, 0.15) is 0 Å². The lowest BCUT2D eigenvalue weighted by Gasteiger charge is -2.14. The number of benzene rings is 1. The molecule has 0 atom stereocenters. The standard InChI is InChI=1S/C13H15N3O/c1-2-11-4-3-5-12(10-11)14-6-8-16-9-7-15-13(16)17/h1,3-5,10,14H,6-9H2,(H,15,17). The highest BCUT2D eigenvalue weighted by atomic mass is 16.2. The first-order chi connectivity index (χ1) is 8.29. The van der Waals surface area contributed by atoms with Crippen LogP contribution in [0.3, 0.4) is 0 Å². The Balaban J connectivity index is 1.82. The average molecular weight is 229 g/mol. The topological polar surface area (TPSA) is 44.4 Å². The first-order valence-corrected chi connectivity index (χ1v) is 5.63. The summed E-state index contributed by atoms with van der Waals surface area (Å²) in [5.41, 5.74) is 1.84. The summed E-state index contributed by atoms with van der Waals surface area (Å²) in [6, 6.07) is 7.71. The molecule has 88 valence electrons. The van der Waals surface area contributed by atoms with Crippen molar-refractivity contribution in [1.29, 1.82) is 0 Å². The van der Waals surface area contributed by atoms with Gasteiger partial charge in [-0.2, -0.15) is 0 Å². The summed E-state index contributed by atoms with van der Waals surface area (Å²) < 4.78 is 0. The molecule has 1 saturated heterocycles. The predicted octanol–water partition coefficient (Wildman–Crippen LogP) is 1.11. The van der Waals surface area contributed by atoms with Crippen molar-refractivity contribution in [2.24, 2.45) is 0 Å². The van der Waals surface area contributed by atoms with Crippen LogP contribution in [0.2, 0.25) is 0 Å². The molecule has 0 bridgehead atoms. The van der Waals surface area contributed by atoms with Crippen molar-refractivity contribution in [2.45, 2.75) is 0 Å². The maximum atomic E-state index is 11.3. The fourth-order valence-corrected chi connectivity index (χ4v) is 1.78. The lowest BCUT2D eigenvalue weighted by molar-refractivity contribution is 0.219. The number of carbonyl (C=O) groups excluding carboxylic acids is 1. The van der Waals surface area contributed by atoms with Crippen LogP contribution in [0.25, 0.3) is 0 Å². The van der Waals surface area contributed by atoms with E-state index in [1.165, 1.54) is 0 Å². The molecule has 0 radical (unpaired) electrons. The van der Waals surface area contributed by atoms with Gasteiger partial charge in [-0.05, 0) is 18.2 Å². The third kappa shape index (κ3) is 2.91. The van der Waals surface area contributed by atoms with Crippen molar-refractivity contribution in [1.82, 2.24) is 10.2 Å². The van der Waals surface area contributed by atoms with Crippen LogP contribution < -0.4 is 10.6 Å². The van der Waals surface area contributed by atoms with Crippen molar-refractivity contribution in [3.63, 3.8) is 0 Å². The Morgan fingerprint density at radius 1 is 1.53 bits per heavy atom. The molecule has 1 aromatic rings. The van der Waals surface area contributed by atoms with E-state index in [-0.39, 0.29) is 6.03 Å². The molecule has 0 aromatic heterocycles. The number of anilines is 1. The monoisotopic (exact) mass is 229 g/mol. The van der Waals surface area contributed by atoms with Gasteiger partial charge in [-0.15, -0.1) is 6.42 Å². The Kier molecular flexibility index (Phi) is 3.51. The molecule has 1 aromatic carbocycles. The third-order valence-electron chi connectivity index (χ3n) is 2.69. The van der Waals surface area contributed by atoms with Gasteiger partial charge in [0, 0.05) is 37.4 Å². The molecular formula is C13H15N3O. The molecule has 2 amide bonds. The summed E-state index contributed by atoms with van der Waals surface area (Å²) in [6.45, 7) is 2.95. The largest absolute Gasteiger partial charge is 0.383 e. The first kappa shape index (κ1) is 11.3. The molecule has 0 aliphatic carbocycles. The molecule has 0 unspecified atom stereocenters. The second-order valence-corrected chi connectivity index (χ2v) is 3.87. The van der Waals surface area contributed by atoms with Crippen molar-refractivity contribution in [2.75, 3.05) is 31.5 Å². The summed E-state index contributed by atoms with van der Waals surface area (Å²) in [5.74, 6) is 2.59. The number of amides is 2. The SMILES string of the molecule is C#Cc1cccc(NCCN2CCNC2=O)c1. The highest BCUT2D eigenvalue weighted by Crippen LogP contribution is 2.09. The first-order valence-electron chi connectivity index (χ1n) is 5.63. The fraction of sp³-hybridized carbons (Fsp3) is 0.308. The third-order valence-corrected chi connectivity index (χ3v) is 2.69. The number of hydrogen-bond acceptors (Lipinski definition) is 2. The van der Waals surface area contributed by atoms with Crippen LogP contribution >= 0.6 is 0 Å². The highest BCUT2D eigenvalue weighted by Gasteiger charge is 2.17. The van der Waals surface area contributed by atoms with Gasteiger partial charge < -0.3 is 15.5 Å². The zero-order valence-electron chi connectivity index (χ0n) is 9.57. The Morgan fingerprint density at radius 2 is 2.41 bits per heavy atom. The fourth-order valence-electron chi connectivity index (χ4n) is 1.78. The second kappa shape index (κ2) is 5.26. The van der Waals surface area contributed by atoms with E-state index in [1.54, 1.807) is 4.90 Å². The van der Waals surface area contributed by atoms with E-state index in [1.807, 2.05) is 24.3 Å². The minimum atomic E-state index is 0.0178. The van der Waals surface area contributed by atoms with Gasteiger partial charge in [0.15, 0.2) is 0 Å². The van der Waals surface area contributed by atoms with Gasteiger partial charge >= 0.3 is 6.03 Å². The molecular weight excluding hydrogens is 214 g/mol. The summed E-state index contributed by atoms with van der Waals surface area (Å²) in [5, 5.41) is 6.02. The predicted molar refractivity (Wildman–Crippen MR) is 67.8 cm³/mol. The Labute approximate surface area is 101 Å². The second-order valence-electron chi connectivity index (χ2n) is 3.87. The smallest absolute Gasteiger partial charge is 0.317 e. The number of hydrogen-bond donors (Lipinski definition) is 2. The molecule has 4 nitrogen and oxygen atoms in total. The maximum Gasteiger partial charge on any atom is 0.317 e. The van der Waals surface area contributed by atoms with Crippen LogP contribution in [0.15, 0.2) is 24.3 Å². The van der Waals surface area contributed by atoms with E-state index >= 15 is 0 Å². The Morgan fingerprint density at radius 3 is 3.12 bits per heavy atom. The number of nitrogens with zero attached hydrogens (tertiary/aromatic N) is 1. The number of terminal acetylenes is 1. The van der Waals surface area contributed by atoms with Crippen LogP contribution in [0.5, 0.6) is 0 Å². The van der Waals surface area contributed by atoms with Gasteiger partial charge in [0.2, 0.25) is 0 Å². The number of rotatable bonds is 4. The molecule has 1 aliphatic heterocycles. The van der Waals surface area contributed by atoms with Crippen molar-refractivity contribution in [3.8, 4) is 12.3 Å². The summed E-state index contributed by atoms with van der Waals surface area (Å²) in [4.78, 5) is 13.1. The van der Waals surface area contributed by atoms with E-state index in [4.69, 9.17) is 6.42 Å². The highest BCUT2D eigenvalue weighted by molar-refractivity contribution is 5.76. The van der Waals surface area contributed by atoms with E-state index in [2.05, 4.69) is 16.6 Å². The van der Waals surface area contributed by atoms with Crippen LogP contribution in [-0.2, 0) is 0 Å². The van der Waals surface area contributed by atoms with Crippen LogP contribution in [-0.4, -0.2) is 37.1 Å². The maximum absolute atomic E-state index is 11.3. The number of urea groups is 1. The summed E-state index contributed by atoms with van der Waals surface area (Å²) >= 11 is 0. The Hall–Kier alpha value is -2.15. The van der Waals surface area contributed by atoms with E-state index in [0.717, 1.165) is 30.9 Å². The Bertz CT molecular complexity index is 450. The normalized spacial score (nSPS) is 14.3. The molecule has 1 fully saturated rings. The molecule has 4 heteroatoms. The minimum Gasteiger partial charge on any atom is -0.383 e. The average Bonchev–Trinajstić information content (AvgIpc) is 2.76. The zero-order chi connectivity index (χ0) is 12.1. The van der Waals surface area contributed by atoms with Gasteiger partial charge in [-0.3, -0.25) is 0 Å². The molecule has 2 N–H and O–H groups in total. The van der Waals surface area contributed by atoms with Gasteiger partial charge in [0.25, 0.3) is 0 Å². The van der Waals surface area contributed by atoms with Crippen LogP contribution in [0, 0.1) is 12.3 Å². The van der Waals surface area contributed by atoms with E-state index in [9.17, 15) is 4.79 Å². The van der Waals surface area contributed by atoms with Crippen molar-refractivity contribution < 1.29 is 4.79 Å². The van der Waals surface area contributed by atoms with Gasteiger partial charge in [0.05, 0.1) is 0 Å².